The first kappa shape index (κ1) is 7.60. The highest BCUT2D eigenvalue weighted by Gasteiger charge is 2.43. The maximum Gasteiger partial charge on any atom is 0.0123 e. The zero-order valence-electron chi connectivity index (χ0n) is 7.69. The zero-order chi connectivity index (χ0) is 7.90. The van der Waals surface area contributed by atoms with E-state index >= 15 is 0 Å². The molecular formula is C10H19N. The van der Waals surface area contributed by atoms with Crippen molar-refractivity contribution >= 4 is 0 Å². The van der Waals surface area contributed by atoms with Crippen LogP contribution in [0.25, 0.3) is 0 Å². The van der Waals surface area contributed by atoms with Gasteiger partial charge in [0.2, 0.25) is 0 Å². The van der Waals surface area contributed by atoms with Crippen LogP contribution in [0.4, 0.5) is 0 Å². The van der Waals surface area contributed by atoms with Crippen LogP contribution in [-0.4, -0.2) is 12.6 Å². The molecule has 0 aromatic carbocycles. The molecular weight excluding hydrogens is 134 g/mol. The van der Waals surface area contributed by atoms with Crippen LogP contribution in [0.5, 0.6) is 0 Å². The highest BCUT2D eigenvalue weighted by atomic mass is 15.0. The molecule has 3 unspecified atom stereocenters. The van der Waals surface area contributed by atoms with Crippen molar-refractivity contribution in [1.82, 2.24) is 5.32 Å². The molecule has 1 saturated carbocycles. The Bertz CT molecular complexity index is 155. The van der Waals surface area contributed by atoms with Crippen molar-refractivity contribution in [3.8, 4) is 0 Å². The van der Waals surface area contributed by atoms with Gasteiger partial charge in [-0.2, -0.15) is 0 Å². The summed E-state index contributed by atoms with van der Waals surface area (Å²) < 4.78 is 0. The molecule has 64 valence electrons. The van der Waals surface area contributed by atoms with Gasteiger partial charge in [-0.25, -0.2) is 0 Å². The fourth-order valence-electron chi connectivity index (χ4n) is 3.08. The molecule has 0 amide bonds. The summed E-state index contributed by atoms with van der Waals surface area (Å²) in [5.74, 6) is 0.954. The predicted molar refractivity (Wildman–Crippen MR) is 47.5 cm³/mol. The third kappa shape index (κ3) is 1.20. The van der Waals surface area contributed by atoms with Gasteiger partial charge in [-0.05, 0) is 43.6 Å². The van der Waals surface area contributed by atoms with Gasteiger partial charge in [-0.1, -0.05) is 13.8 Å². The lowest BCUT2D eigenvalue weighted by atomic mass is 9.78. The van der Waals surface area contributed by atoms with Gasteiger partial charge >= 0.3 is 0 Å². The van der Waals surface area contributed by atoms with Crippen molar-refractivity contribution in [3.05, 3.63) is 0 Å². The van der Waals surface area contributed by atoms with Crippen LogP contribution in [0.1, 0.15) is 39.5 Å². The molecule has 2 rings (SSSR count). The van der Waals surface area contributed by atoms with Crippen LogP contribution in [0, 0.1) is 11.3 Å². The van der Waals surface area contributed by atoms with Crippen molar-refractivity contribution in [1.29, 1.82) is 0 Å². The summed E-state index contributed by atoms with van der Waals surface area (Å²) in [7, 11) is 0. The highest BCUT2D eigenvalue weighted by Crippen LogP contribution is 2.46. The van der Waals surface area contributed by atoms with Crippen molar-refractivity contribution in [3.63, 3.8) is 0 Å². The minimum absolute atomic E-state index is 0.650. The van der Waals surface area contributed by atoms with Crippen molar-refractivity contribution < 1.29 is 0 Å². The van der Waals surface area contributed by atoms with E-state index in [0.29, 0.717) is 5.41 Å². The second kappa shape index (κ2) is 2.48. The average Bonchev–Trinajstić information content (AvgIpc) is 2.22. The van der Waals surface area contributed by atoms with E-state index in [1.54, 1.807) is 0 Å². The predicted octanol–water partition coefficient (Wildman–Crippen LogP) is 2.17. The van der Waals surface area contributed by atoms with Crippen LogP contribution in [0.2, 0.25) is 0 Å². The summed E-state index contributed by atoms with van der Waals surface area (Å²) >= 11 is 0. The van der Waals surface area contributed by atoms with Gasteiger partial charge in [0, 0.05) is 6.04 Å². The molecule has 11 heavy (non-hydrogen) atoms. The number of hydrogen-bond acceptors (Lipinski definition) is 1. The molecule has 1 heterocycles. The molecule has 1 heteroatoms. The summed E-state index contributed by atoms with van der Waals surface area (Å²) in [6.45, 7) is 6.12. The van der Waals surface area contributed by atoms with Crippen LogP contribution < -0.4 is 5.32 Å². The number of nitrogens with one attached hydrogen (secondary N) is 1. The van der Waals surface area contributed by atoms with Crippen molar-refractivity contribution in [2.75, 3.05) is 6.54 Å². The molecule has 0 bridgehead atoms. The topological polar surface area (TPSA) is 12.0 Å². The van der Waals surface area contributed by atoms with Gasteiger partial charge in [0.05, 0.1) is 0 Å². The molecule has 1 saturated heterocycles. The summed E-state index contributed by atoms with van der Waals surface area (Å²) in [5, 5.41) is 3.65. The van der Waals surface area contributed by atoms with Crippen LogP contribution in [0.3, 0.4) is 0 Å². The Labute approximate surface area is 69.6 Å². The SMILES string of the molecule is CC1CC2NCCCC2(C)C1. The Morgan fingerprint density at radius 3 is 3.00 bits per heavy atom. The van der Waals surface area contributed by atoms with E-state index < -0.39 is 0 Å². The summed E-state index contributed by atoms with van der Waals surface area (Å²) in [6, 6.07) is 0.839. The molecule has 0 aromatic heterocycles. The Morgan fingerprint density at radius 1 is 1.45 bits per heavy atom. The molecule has 2 fully saturated rings. The molecule has 3 atom stereocenters. The van der Waals surface area contributed by atoms with Gasteiger partial charge in [0.1, 0.15) is 0 Å². The Hall–Kier alpha value is -0.0400. The maximum atomic E-state index is 3.65. The Balaban J connectivity index is 2.11. The molecule has 2 aliphatic rings. The zero-order valence-corrected chi connectivity index (χ0v) is 7.69. The van der Waals surface area contributed by atoms with Crippen LogP contribution in [0.15, 0.2) is 0 Å². The number of piperidine rings is 1. The number of rotatable bonds is 0. The smallest absolute Gasteiger partial charge is 0.0123 e. The highest BCUT2D eigenvalue weighted by molar-refractivity contribution is 4.98. The molecule has 1 aliphatic heterocycles. The number of fused-ring (bicyclic) bond motifs is 1. The van der Waals surface area contributed by atoms with Crippen LogP contribution >= 0.6 is 0 Å². The summed E-state index contributed by atoms with van der Waals surface area (Å²) in [6.07, 6.45) is 5.70. The van der Waals surface area contributed by atoms with Gasteiger partial charge in [0.25, 0.3) is 0 Å². The molecule has 1 nitrogen and oxygen atoms in total. The van der Waals surface area contributed by atoms with Gasteiger partial charge in [0.15, 0.2) is 0 Å². The quantitative estimate of drug-likeness (QED) is 0.562. The lowest BCUT2D eigenvalue weighted by Crippen LogP contribution is -2.44. The number of hydrogen-bond donors (Lipinski definition) is 1. The van der Waals surface area contributed by atoms with E-state index in [2.05, 4.69) is 19.2 Å². The van der Waals surface area contributed by atoms with Gasteiger partial charge < -0.3 is 5.32 Å². The van der Waals surface area contributed by atoms with E-state index in [-0.39, 0.29) is 0 Å². The monoisotopic (exact) mass is 153 g/mol. The second-order valence-electron chi connectivity index (χ2n) is 4.81. The van der Waals surface area contributed by atoms with Crippen molar-refractivity contribution in [2.24, 2.45) is 11.3 Å². The van der Waals surface area contributed by atoms with E-state index in [9.17, 15) is 0 Å². The van der Waals surface area contributed by atoms with Gasteiger partial charge in [-0.15, -0.1) is 0 Å². The van der Waals surface area contributed by atoms with E-state index in [1.165, 1.54) is 32.2 Å². The molecule has 0 spiro atoms. The fraction of sp³-hybridized carbons (Fsp3) is 1.00. The minimum atomic E-state index is 0.650. The molecule has 1 N–H and O–H groups in total. The van der Waals surface area contributed by atoms with Gasteiger partial charge in [-0.3, -0.25) is 0 Å². The van der Waals surface area contributed by atoms with E-state index in [0.717, 1.165) is 12.0 Å². The fourth-order valence-corrected chi connectivity index (χ4v) is 3.08. The Morgan fingerprint density at radius 2 is 2.27 bits per heavy atom. The average molecular weight is 153 g/mol. The summed E-state index contributed by atoms with van der Waals surface area (Å²) in [5.41, 5.74) is 0.650. The maximum absolute atomic E-state index is 3.65. The molecule has 0 aromatic rings. The lowest BCUT2D eigenvalue weighted by Gasteiger charge is -2.36. The molecule has 0 radical (unpaired) electrons. The summed E-state index contributed by atoms with van der Waals surface area (Å²) in [4.78, 5) is 0. The van der Waals surface area contributed by atoms with E-state index in [4.69, 9.17) is 0 Å². The first-order valence-electron chi connectivity index (χ1n) is 4.94. The normalized spacial score (nSPS) is 50.7. The van der Waals surface area contributed by atoms with Crippen LogP contribution in [-0.2, 0) is 0 Å². The van der Waals surface area contributed by atoms with Crippen molar-refractivity contribution in [2.45, 2.75) is 45.6 Å². The first-order chi connectivity index (χ1) is 5.21. The first-order valence-corrected chi connectivity index (χ1v) is 4.94. The largest absolute Gasteiger partial charge is 0.313 e. The Kier molecular flexibility index (Phi) is 1.71. The molecule has 1 aliphatic carbocycles. The second-order valence-corrected chi connectivity index (χ2v) is 4.81. The third-order valence-electron chi connectivity index (χ3n) is 3.61. The minimum Gasteiger partial charge on any atom is -0.313 e. The lowest BCUT2D eigenvalue weighted by molar-refractivity contribution is 0.189. The third-order valence-corrected chi connectivity index (χ3v) is 3.61. The van der Waals surface area contributed by atoms with E-state index in [1.807, 2.05) is 0 Å². The standard InChI is InChI=1S/C10H19N/c1-8-6-9-10(2,7-8)4-3-5-11-9/h8-9,11H,3-7H2,1-2H3.